The maximum atomic E-state index is 11.9. The van der Waals surface area contributed by atoms with Gasteiger partial charge < -0.3 is 15.6 Å². The number of nitrogens with one attached hydrogen (secondary N) is 3. The van der Waals surface area contributed by atoms with Crippen LogP contribution >= 0.6 is 15.9 Å². The van der Waals surface area contributed by atoms with Gasteiger partial charge in [0, 0.05) is 16.7 Å². The first-order valence-corrected chi connectivity index (χ1v) is 7.72. The van der Waals surface area contributed by atoms with Crippen LogP contribution in [0.25, 0.3) is 11.0 Å². The molecule has 0 aliphatic rings. The van der Waals surface area contributed by atoms with Gasteiger partial charge in [0.05, 0.1) is 17.4 Å². The fourth-order valence-corrected chi connectivity index (χ4v) is 2.42. The van der Waals surface area contributed by atoms with E-state index in [1.807, 2.05) is 42.5 Å². The molecule has 0 aliphatic carbocycles. The minimum atomic E-state index is -0.212. The van der Waals surface area contributed by atoms with Crippen LogP contribution in [0.3, 0.4) is 0 Å². The molecular weight excluding hydrogens is 344 g/mol. The number of hydrogen-bond acceptors (Lipinski definition) is 2. The minimum absolute atomic E-state index is 0.212. The highest BCUT2D eigenvalue weighted by Gasteiger charge is 2.03. The number of urea groups is 1. The van der Waals surface area contributed by atoms with Crippen LogP contribution in [0.4, 0.5) is 10.5 Å². The van der Waals surface area contributed by atoms with E-state index in [2.05, 4.69) is 36.5 Å². The predicted molar refractivity (Wildman–Crippen MR) is 91.0 cm³/mol. The lowest BCUT2D eigenvalue weighted by Gasteiger charge is -2.08. The third-order valence-corrected chi connectivity index (χ3v) is 3.82. The van der Waals surface area contributed by atoms with Gasteiger partial charge in [-0.15, -0.1) is 0 Å². The number of hydrogen-bond donors (Lipinski definition) is 3. The molecule has 0 saturated heterocycles. The van der Waals surface area contributed by atoms with Gasteiger partial charge in [0.1, 0.15) is 0 Å². The number of imidazole rings is 1. The highest BCUT2D eigenvalue weighted by atomic mass is 79.9. The molecule has 5 nitrogen and oxygen atoms in total. The van der Waals surface area contributed by atoms with Crippen molar-refractivity contribution >= 4 is 38.7 Å². The quantitative estimate of drug-likeness (QED) is 0.665. The number of benzene rings is 2. The monoisotopic (exact) mass is 358 g/mol. The van der Waals surface area contributed by atoms with E-state index in [-0.39, 0.29) is 6.03 Å². The van der Waals surface area contributed by atoms with Gasteiger partial charge in [-0.3, -0.25) is 0 Å². The molecule has 1 heterocycles. The Hall–Kier alpha value is -2.34. The first-order valence-electron chi connectivity index (χ1n) is 6.93. The largest absolute Gasteiger partial charge is 0.345 e. The number of aromatic nitrogens is 2. The standard InChI is InChI=1S/C16H15BrN4O/c17-12-3-1-11(2-4-12)7-8-18-16(22)21-13-5-6-14-15(9-13)20-10-19-14/h1-6,9-10H,7-8H2,(H,19,20)(H2,18,21,22). The third kappa shape index (κ3) is 3.65. The normalized spacial score (nSPS) is 10.6. The van der Waals surface area contributed by atoms with Crippen molar-refractivity contribution in [1.82, 2.24) is 15.3 Å². The van der Waals surface area contributed by atoms with Crippen LogP contribution in [0.2, 0.25) is 0 Å². The Balaban J connectivity index is 1.50. The van der Waals surface area contributed by atoms with Crippen molar-refractivity contribution in [2.45, 2.75) is 6.42 Å². The van der Waals surface area contributed by atoms with Crippen LogP contribution < -0.4 is 10.6 Å². The maximum absolute atomic E-state index is 11.9. The summed E-state index contributed by atoms with van der Waals surface area (Å²) in [5.41, 5.74) is 3.69. The van der Waals surface area contributed by atoms with Crippen LogP contribution in [0.15, 0.2) is 53.3 Å². The van der Waals surface area contributed by atoms with Crippen LogP contribution in [0.5, 0.6) is 0 Å². The van der Waals surface area contributed by atoms with Crippen molar-refractivity contribution in [3.63, 3.8) is 0 Å². The van der Waals surface area contributed by atoms with Gasteiger partial charge in [0.25, 0.3) is 0 Å². The van der Waals surface area contributed by atoms with Gasteiger partial charge >= 0.3 is 6.03 Å². The lowest BCUT2D eigenvalue weighted by molar-refractivity contribution is 0.252. The summed E-state index contributed by atoms with van der Waals surface area (Å²) < 4.78 is 1.05. The summed E-state index contributed by atoms with van der Waals surface area (Å²) in [4.78, 5) is 19.0. The zero-order chi connectivity index (χ0) is 15.4. The Morgan fingerprint density at radius 3 is 2.82 bits per heavy atom. The molecule has 0 unspecified atom stereocenters. The van der Waals surface area contributed by atoms with Gasteiger partial charge in [0.15, 0.2) is 0 Å². The Morgan fingerprint density at radius 1 is 1.18 bits per heavy atom. The molecule has 3 aromatic rings. The number of H-pyrrole nitrogens is 1. The number of halogens is 1. The highest BCUT2D eigenvalue weighted by molar-refractivity contribution is 9.10. The molecule has 3 rings (SSSR count). The molecule has 112 valence electrons. The zero-order valence-corrected chi connectivity index (χ0v) is 13.4. The highest BCUT2D eigenvalue weighted by Crippen LogP contribution is 2.15. The molecule has 0 atom stereocenters. The number of amides is 2. The van der Waals surface area contributed by atoms with Gasteiger partial charge in [-0.05, 0) is 42.3 Å². The van der Waals surface area contributed by atoms with E-state index in [1.54, 1.807) is 6.33 Å². The third-order valence-electron chi connectivity index (χ3n) is 3.29. The molecular formula is C16H15BrN4O. The van der Waals surface area contributed by atoms with E-state index in [0.29, 0.717) is 6.54 Å². The summed E-state index contributed by atoms with van der Waals surface area (Å²) in [6.07, 6.45) is 2.42. The molecule has 0 bridgehead atoms. The number of aromatic amines is 1. The van der Waals surface area contributed by atoms with Gasteiger partial charge in [0.2, 0.25) is 0 Å². The average molecular weight is 359 g/mol. The van der Waals surface area contributed by atoms with Crippen molar-refractivity contribution in [3.8, 4) is 0 Å². The summed E-state index contributed by atoms with van der Waals surface area (Å²) in [6, 6.07) is 13.4. The molecule has 6 heteroatoms. The van der Waals surface area contributed by atoms with E-state index in [4.69, 9.17) is 0 Å². The van der Waals surface area contributed by atoms with E-state index in [9.17, 15) is 4.79 Å². The molecule has 0 saturated carbocycles. The zero-order valence-electron chi connectivity index (χ0n) is 11.8. The van der Waals surface area contributed by atoms with E-state index < -0.39 is 0 Å². The van der Waals surface area contributed by atoms with Crippen molar-refractivity contribution in [2.24, 2.45) is 0 Å². The Bertz CT molecular complexity index is 782. The molecule has 3 N–H and O–H groups in total. The van der Waals surface area contributed by atoms with Crippen LogP contribution in [0.1, 0.15) is 5.56 Å². The first-order chi connectivity index (χ1) is 10.7. The average Bonchev–Trinajstić information content (AvgIpc) is 2.97. The lowest BCUT2D eigenvalue weighted by Crippen LogP contribution is -2.30. The summed E-state index contributed by atoms with van der Waals surface area (Å²) in [7, 11) is 0. The maximum Gasteiger partial charge on any atom is 0.319 e. The fourth-order valence-electron chi connectivity index (χ4n) is 2.16. The molecule has 22 heavy (non-hydrogen) atoms. The second-order valence-electron chi connectivity index (χ2n) is 4.89. The molecule has 0 aliphatic heterocycles. The number of anilines is 1. The van der Waals surface area contributed by atoms with Crippen LogP contribution in [-0.2, 0) is 6.42 Å². The SMILES string of the molecule is O=C(NCCc1ccc(Br)cc1)Nc1ccc2nc[nH]c2c1. The second kappa shape index (κ2) is 6.62. The van der Waals surface area contributed by atoms with Gasteiger partial charge in [-0.1, -0.05) is 28.1 Å². The van der Waals surface area contributed by atoms with Crippen LogP contribution in [-0.4, -0.2) is 22.5 Å². The molecule has 1 aromatic heterocycles. The van der Waals surface area contributed by atoms with Crippen molar-refractivity contribution in [3.05, 3.63) is 58.8 Å². The summed E-state index contributed by atoms with van der Waals surface area (Å²) in [5, 5.41) is 5.66. The molecule has 0 fully saturated rings. The molecule has 2 amide bonds. The van der Waals surface area contributed by atoms with Crippen molar-refractivity contribution in [1.29, 1.82) is 0 Å². The number of carbonyl (C=O) groups is 1. The summed E-state index contributed by atoms with van der Waals surface area (Å²) in [6.45, 7) is 0.583. The number of nitrogens with zero attached hydrogens (tertiary/aromatic N) is 1. The first kappa shape index (κ1) is 14.6. The number of carbonyl (C=O) groups excluding carboxylic acids is 1. The van der Waals surface area contributed by atoms with E-state index >= 15 is 0 Å². The Morgan fingerprint density at radius 2 is 2.00 bits per heavy atom. The van der Waals surface area contributed by atoms with E-state index in [0.717, 1.165) is 27.6 Å². The Kier molecular flexibility index (Phi) is 4.39. The molecule has 2 aromatic carbocycles. The minimum Gasteiger partial charge on any atom is -0.345 e. The van der Waals surface area contributed by atoms with Crippen molar-refractivity contribution in [2.75, 3.05) is 11.9 Å². The summed E-state index contributed by atoms with van der Waals surface area (Å²) in [5.74, 6) is 0. The number of rotatable bonds is 4. The molecule has 0 radical (unpaired) electrons. The summed E-state index contributed by atoms with van der Waals surface area (Å²) >= 11 is 3.40. The lowest BCUT2D eigenvalue weighted by atomic mass is 10.1. The second-order valence-corrected chi connectivity index (χ2v) is 5.81. The Labute approximate surface area is 136 Å². The topological polar surface area (TPSA) is 69.8 Å². The number of fused-ring (bicyclic) bond motifs is 1. The predicted octanol–water partition coefficient (Wildman–Crippen LogP) is 3.69. The molecule has 0 spiro atoms. The smallest absolute Gasteiger partial charge is 0.319 e. The van der Waals surface area contributed by atoms with Crippen LogP contribution in [0, 0.1) is 0 Å². The van der Waals surface area contributed by atoms with E-state index in [1.165, 1.54) is 5.56 Å². The van der Waals surface area contributed by atoms with Gasteiger partial charge in [-0.2, -0.15) is 0 Å². The van der Waals surface area contributed by atoms with Gasteiger partial charge in [-0.25, -0.2) is 9.78 Å². The fraction of sp³-hybridized carbons (Fsp3) is 0.125. The van der Waals surface area contributed by atoms with Crippen molar-refractivity contribution < 1.29 is 4.79 Å².